The third-order valence-electron chi connectivity index (χ3n) is 5.50. The van der Waals surface area contributed by atoms with Crippen molar-refractivity contribution in [1.82, 2.24) is 10.2 Å². The Balaban J connectivity index is 1.50. The molecule has 2 aromatic rings. The highest BCUT2D eigenvalue weighted by Crippen LogP contribution is 2.33. The normalized spacial score (nSPS) is 24.8. The lowest BCUT2D eigenvalue weighted by molar-refractivity contribution is -0.0195. The maximum Gasteiger partial charge on any atom is 0.410 e. The number of hydrogen-bond acceptors (Lipinski definition) is 5. The smallest absolute Gasteiger partial charge is 0.410 e. The molecule has 0 spiro atoms. The molecule has 0 unspecified atom stereocenters. The number of ether oxygens (including phenoxy) is 3. The molecule has 2 aromatic carbocycles. The number of nitrogens with one attached hydrogen (secondary N) is 1. The lowest BCUT2D eigenvalue weighted by Gasteiger charge is -2.36. The fourth-order valence-electron chi connectivity index (χ4n) is 4.03. The Labute approximate surface area is 165 Å². The van der Waals surface area contributed by atoms with Crippen LogP contribution in [0.25, 0.3) is 0 Å². The second kappa shape index (κ2) is 8.63. The van der Waals surface area contributed by atoms with E-state index in [4.69, 9.17) is 14.2 Å². The fraction of sp³-hybridized carbons (Fsp3) is 0.409. The third kappa shape index (κ3) is 3.84. The van der Waals surface area contributed by atoms with Crippen molar-refractivity contribution < 1.29 is 19.0 Å². The van der Waals surface area contributed by atoms with E-state index in [9.17, 15) is 4.79 Å². The van der Waals surface area contributed by atoms with E-state index in [-0.39, 0.29) is 24.2 Å². The van der Waals surface area contributed by atoms with Crippen LogP contribution in [0.2, 0.25) is 0 Å². The second-order valence-corrected chi connectivity index (χ2v) is 7.12. The summed E-state index contributed by atoms with van der Waals surface area (Å²) in [5.41, 5.74) is 2.12. The van der Waals surface area contributed by atoms with Crippen LogP contribution in [0.15, 0.2) is 54.6 Å². The Morgan fingerprint density at radius 1 is 1.11 bits per heavy atom. The number of para-hydroxylation sites is 1. The molecule has 6 heteroatoms. The van der Waals surface area contributed by atoms with E-state index < -0.39 is 0 Å². The summed E-state index contributed by atoms with van der Waals surface area (Å²) < 4.78 is 17.1. The van der Waals surface area contributed by atoms with Gasteiger partial charge >= 0.3 is 6.09 Å². The summed E-state index contributed by atoms with van der Waals surface area (Å²) in [6.07, 6.45) is -0.520. The molecule has 148 valence electrons. The number of hydrogen-bond donors (Lipinski definition) is 1. The summed E-state index contributed by atoms with van der Waals surface area (Å²) in [5.74, 6) is 0.891. The molecule has 6 nitrogen and oxygen atoms in total. The second-order valence-electron chi connectivity index (χ2n) is 7.12. The number of benzene rings is 2. The first-order chi connectivity index (χ1) is 13.8. The Kier molecular flexibility index (Phi) is 5.78. The summed E-state index contributed by atoms with van der Waals surface area (Å²) in [6.45, 7) is 2.92. The molecule has 1 amide bonds. The molecule has 3 atom stereocenters. The van der Waals surface area contributed by atoms with Crippen molar-refractivity contribution in [1.29, 1.82) is 0 Å². The van der Waals surface area contributed by atoms with Crippen LogP contribution in [0, 0.1) is 0 Å². The zero-order valence-corrected chi connectivity index (χ0v) is 16.0. The van der Waals surface area contributed by atoms with Crippen molar-refractivity contribution in [3.8, 4) is 5.75 Å². The summed E-state index contributed by atoms with van der Waals surface area (Å²) in [4.78, 5) is 14.8. The van der Waals surface area contributed by atoms with Gasteiger partial charge in [0.2, 0.25) is 0 Å². The summed E-state index contributed by atoms with van der Waals surface area (Å²) in [7, 11) is 1.67. The van der Waals surface area contributed by atoms with Crippen LogP contribution in [0.1, 0.15) is 23.1 Å². The van der Waals surface area contributed by atoms with Crippen LogP contribution in [-0.4, -0.2) is 57.1 Å². The molecule has 4 rings (SSSR count). The number of amides is 1. The van der Waals surface area contributed by atoms with E-state index in [0.717, 1.165) is 23.4 Å². The molecule has 0 saturated carbocycles. The molecule has 2 saturated heterocycles. The maximum absolute atomic E-state index is 13.1. The van der Waals surface area contributed by atoms with Gasteiger partial charge < -0.3 is 19.5 Å². The molecule has 0 radical (unpaired) electrons. The van der Waals surface area contributed by atoms with Crippen LogP contribution in [0.3, 0.4) is 0 Å². The van der Waals surface area contributed by atoms with Crippen molar-refractivity contribution in [3.63, 3.8) is 0 Å². The molecule has 2 fully saturated rings. The number of carbonyl (C=O) groups is 1. The number of carbonyl (C=O) groups excluding carboxylic acids is 1. The van der Waals surface area contributed by atoms with Crippen LogP contribution >= 0.6 is 0 Å². The van der Waals surface area contributed by atoms with Crippen molar-refractivity contribution in [2.24, 2.45) is 0 Å². The molecule has 0 aromatic heterocycles. The molecule has 2 aliphatic heterocycles. The molecule has 1 N–H and O–H groups in total. The van der Waals surface area contributed by atoms with Gasteiger partial charge in [0, 0.05) is 31.1 Å². The minimum absolute atomic E-state index is 0.0660. The van der Waals surface area contributed by atoms with Gasteiger partial charge in [-0.05, 0) is 11.6 Å². The predicted molar refractivity (Wildman–Crippen MR) is 106 cm³/mol. The Morgan fingerprint density at radius 2 is 1.89 bits per heavy atom. The quantitative estimate of drug-likeness (QED) is 0.881. The number of rotatable bonds is 4. The third-order valence-corrected chi connectivity index (χ3v) is 5.50. The van der Waals surface area contributed by atoms with Gasteiger partial charge in [-0.3, -0.25) is 4.90 Å². The van der Waals surface area contributed by atoms with Gasteiger partial charge in [0.05, 0.1) is 26.4 Å². The number of nitrogens with zero attached hydrogens (tertiary/aromatic N) is 1. The summed E-state index contributed by atoms with van der Waals surface area (Å²) >= 11 is 0. The summed E-state index contributed by atoms with van der Waals surface area (Å²) in [5, 5.41) is 3.35. The van der Waals surface area contributed by atoms with Crippen molar-refractivity contribution in [2.45, 2.75) is 18.1 Å². The highest BCUT2D eigenvalue weighted by Gasteiger charge is 2.37. The van der Waals surface area contributed by atoms with Crippen LogP contribution in [0.5, 0.6) is 5.75 Å². The van der Waals surface area contributed by atoms with Gasteiger partial charge in [-0.15, -0.1) is 0 Å². The number of methoxy groups -OCH3 is 1. The van der Waals surface area contributed by atoms with Gasteiger partial charge in [-0.2, -0.15) is 0 Å². The lowest BCUT2D eigenvalue weighted by atomic mass is 9.95. The molecule has 28 heavy (non-hydrogen) atoms. The van der Waals surface area contributed by atoms with Gasteiger partial charge in [-0.1, -0.05) is 48.5 Å². The van der Waals surface area contributed by atoms with E-state index in [0.29, 0.717) is 26.3 Å². The van der Waals surface area contributed by atoms with Crippen molar-refractivity contribution in [3.05, 3.63) is 65.7 Å². The molecule has 0 aliphatic carbocycles. The maximum atomic E-state index is 13.1. The van der Waals surface area contributed by atoms with E-state index in [1.54, 1.807) is 12.0 Å². The van der Waals surface area contributed by atoms with Gasteiger partial charge in [0.25, 0.3) is 0 Å². The minimum atomic E-state index is -0.286. The molecule has 0 bridgehead atoms. The van der Waals surface area contributed by atoms with Crippen molar-refractivity contribution in [2.75, 3.05) is 40.0 Å². The van der Waals surface area contributed by atoms with E-state index >= 15 is 0 Å². The molecular weight excluding hydrogens is 356 g/mol. The minimum Gasteiger partial charge on any atom is -0.496 e. The first kappa shape index (κ1) is 18.8. The Hall–Kier alpha value is -2.57. The van der Waals surface area contributed by atoms with Crippen LogP contribution in [-0.2, 0) is 9.47 Å². The zero-order valence-electron chi connectivity index (χ0n) is 16.0. The predicted octanol–water partition coefficient (Wildman–Crippen LogP) is 2.96. The van der Waals surface area contributed by atoms with E-state index in [1.165, 1.54) is 0 Å². The Morgan fingerprint density at radius 3 is 2.71 bits per heavy atom. The molecule has 2 aliphatic rings. The van der Waals surface area contributed by atoms with E-state index in [2.05, 4.69) is 5.32 Å². The first-order valence-electron chi connectivity index (χ1n) is 9.71. The van der Waals surface area contributed by atoms with Gasteiger partial charge in [0.15, 0.2) is 0 Å². The van der Waals surface area contributed by atoms with Gasteiger partial charge in [-0.25, -0.2) is 4.79 Å². The van der Waals surface area contributed by atoms with Crippen LogP contribution < -0.4 is 10.1 Å². The highest BCUT2D eigenvalue weighted by molar-refractivity contribution is 5.69. The SMILES string of the molecule is COc1ccccc1[C@@H]1CNC[C@H]1OC(=O)N1CCOC[C@@H]1c1ccccc1. The first-order valence-corrected chi connectivity index (χ1v) is 9.71. The summed E-state index contributed by atoms with van der Waals surface area (Å²) in [6, 6.07) is 17.8. The topological polar surface area (TPSA) is 60.0 Å². The monoisotopic (exact) mass is 382 g/mol. The fourth-order valence-corrected chi connectivity index (χ4v) is 4.03. The molecule has 2 heterocycles. The van der Waals surface area contributed by atoms with Crippen LogP contribution in [0.4, 0.5) is 4.79 Å². The lowest BCUT2D eigenvalue weighted by Crippen LogP contribution is -2.45. The highest BCUT2D eigenvalue weighted by atomic mass is 16.6. The van der Waals surface area contributed by atoms with Gasteiger partial charge in [0.1, 0.15) is 11.9 Å². The molecular formula is C22H26N2O4. The number of morpholine rings is 1. The standard InChI is InChI=1S/C22H26N2O4/c1-26-20-10-6-5-9-17(20)18-13-23-14-21(18)28-22(25)24-11-12-27-15-19(24)16-7-3-2-4-8-16/h2-10,18-19,21,23H,11-15H2,1H3/t18-,19+,21+/m0/s1. The largest absolute Gasteiger partial charge is 0.496 e. The van der Waals surface area contributed by atoms with Crippen molar-refractivity contribution >= 4 is 6.09 Å². The average Bonchev–Trinajstić information content (AvgIpc) is 3.22. The van der Waals surface area contributed by atoms with E-state index in [1.807, 2.05) is 54.6 Å². The average molecular weight is 382 g/mol. The Bertz CT molecular complexity index is 798. The zero-order chi connectivity index (χ0) is 19.3.